The van der Waals surface area contributed by atoms with Crippen LogP contribution < -0.4 is 5.32 Å². The predicted octanol–water partition coefficient (Wildman–Crippen LogP) is 5.39. The number of carbonyl (C=O) groups excluding carboxylic acids is 1. The molecule has 4 aromatic rings. The summed E-state index contributed by atoms with van der Waals surface area (Å²) in [6.45, 7) is 12.3. The molecule has 160 valence electrons. The zero-order valence-electron chi connectivity index (χ0n) is 18.6. The Balaban J connectivity index is 1.74. The first-order valence-corrected chi connectivity index (χ1v) is 11.1. The number of aromatic nitrogens is 5. The van der Waals surface area contributed by atoms with Gasteiger partial charge in [-0.3, -0.25) is 4.79 Å². The van der Waals surface area contributed by atoms with Crippen molar-refractivity contribution < 1.29 is 4.79 Å². The largest absolute Gasteiger partial charge is 0.322 e. The number of anilines is 1. The van der Waals surface area contributed by atoms with Crippen LogP contribution >= 0.6 is 11.5 Å². The van der Waals surface area contributed by atoms with Gasteiger partial charge in [-0.25, -0.2) is 9.67 Å². The van der Waals surface area contributed by atoms with E-state index < -0.39 is 0 Å². The van der Waals surface area contributed by atoms with Crippen LogP contribution in [0.1, 0.15) is 62.3 Å². The molecule has 7 nitrogen and oxygen atoms in total. The highest BCUT2D eigenvalue weighted by Gasteiger charge is 2.25. The first kappa shape index (κ1) is 21.1. The normalized spacial score (nSPS) is 12.0. The van der Waals surface area contributed by atoms with Crippen molar-refractivity contribution >= 4 is 34.2 Å². The molecule has 0 fully saturated rings. The molecule has 0 saturated heterocycles. The third-order valence-electron chi connectivity index (χ3n) is 5.10. The van der Waals surface area contributed by atoms with E-state index in [2.05, 4.69) is 49.5 Å². The summed E-state index contributed by atoms with van der Waals surface area (Å²) in [5, 5.41) is 14.5. The zero-order valence-corrected chi connectivity index (χ0v) is 19.4. The van der Waals surface area contributed by atoms with E-state index in [4.69, 9.17) is 10.1 Å². The summed E-state index contributed by atoms with van der Waals surface area (Å²) >= 11 is 1.31. The highest BCUT2D eigenvalue weighted by Crippen LogP contribution is 2.29. The SMILES string of the molecule is Cc1nn(C(C)(C)C)c2nc(C(C)C)cc(C(=O)Nc3ccc(-c4csnn4)cc3)c12. The summed E-state index contributed by atoms with van der Waals surface area (Å²) in [5.74, 6) is 0.0134. The van der Waals surface area contributed by atoms with Crippen LogP contribution in [-0.2, 0) is 5.54 Å². The van der Waals surface area contributed by atoms with E-state index in [0.29, 0.717) is 11.3 Å². The van der Waals surface area contributed by atoms with Crippen molar-refractivity contribution in [3.8, 4) is 11.3 Å². The van der Waals surface area contributed by atoms with E-state index in [1.807, 2.05) is 47.3 Å². The molecule has 3 heterocycles. The second-order valence-electron chi connectivity index (χ2n) is 8.94. The first-order chi connectivity index (χ1) is 14.6. The maximum atomic E-state index is 13.3. The van der Waals surface area contributed by atoms with Crippen molar-refractivity contribution in [3.05, 3.63) is 52.7 Å². The van der Waals surface area contributed by atoms with Gasteiger partial charge in [0.2, 0.25) is 0 Å². The van der Waals surface area contributed by atoms with E-state index >= 15 is 0 Å². The van der Waals surface area contributed by atoms with Crippen molar-refractivity contribution in [1.29, 1.82) is 0 Å². The Morgan fingerprint density at radius 1 is 1.16 bits per heavy atom. The fraction of sp³-hybridized carbons (Fsp3) is 0.348. The molecule has 0 aliphatic carbocycles. The van der Waals surface area contributed by atoms with E-state index in [9.17, 15) is 4.79 Å². The van der Waals surface area contributed by atoms with Crippen LogP contribution in [0.15, 0.2) is 35.7 Å². The quantitative estimate of drug-likeness (QED) is 0.465. The number of fused-ring (bicyclic) bond motifs is 1. The first-order valence-electron chi connectivity index (χ1n) is 10.2. The lowest BCUT2D eigenvalue weighted by molar-refractivity contribution is 0.102. The molecule has 0 atom stereocenters. The number of rotatable bonds is 4. The summed E-state index contributed by atoms with van der Waals surface area (Å²) in [6.07, 6.45) is 0. The van der Waals surface area contributed by atoms with Gasteiger partial charge in [0.1, 0.15) is 5.69 Å². The van der Waals surface area contributed by atoms with Gasteiger partial charge in [0.15, 0.2) is 5.65 Å². The summed E-state index contributed by atoms with van der Waals surface area (Å²) < 4.78 is 5.81. The molecule has 0 radical (unpaired) electrons. The van der Waals surface area contributed by atoms with Crippen molar-refractivity contribution in [1.82, 2.24) is 24.4 Å². The molecule has 1 amide bonds. The molecule has 4 rings (SSSR count). The fourth-order valence-corrected chi connectivity index (χ4v) is 3.93. The van der Waals surface area contributed by atoms with Crippen LogP contribution in [0.25, 0.3) is 22.3 Å². The molecular weight excluding hydrogens is 408 g/mol. The molecule has 0 aliphatic rings. The third kappa shape index (κ3) is 4.07. The number of hydrogen-bond acceptors (Lipinski definition) is 6. The summed E-state index contributed by atoms with van der Waals surface area (Å²) in [5.41, 5.74) is 5.26. The van der Waals surface area contributed by atoms with Gasteiger partial charge in [-0.2, -0.15) is 5.10 Å². The van der Waals surface area contributed by atoms with Crippen LogP contribution in [0.2, 0.25) is 0 Å². The standard InChI is InChI=1S/C23H26N6OS/c1-13(2)18-11-17(20-14(3)27-29(21(20)25-18)23(4,5)6)22(30)24-16-9-7-15(8-10-16)19-12-31-28-26-19/h7-13H,1-6H3,(H,24,30). The monoisotopic (exact) mass is 434 g/mol. The van der Waals surface area contributed by atoms with Crippen LogP contribution in [0.4, 0.5) is 5.69 Å². The molecule has 8 heteroatoms. The summed E-state index contributed by atoms with van der Waals surface area (Å²) in [4.78, 5) is 18.2. The third-order valence-corrected chi connectivity index (χ3v) is 5.61. The number of amides is 1. The smallest absolute Gasteiger partial charge is 0.256 e. The topological polar surface area (TPSA) is 85.6 Å². The summed E-state index contributed by atoms with van der Waals surface area (Å²) in [6, 6.07) is 9.49. The summed E-state index contributed by atoms with van der Waals surface area (Å²) in [7, 11) is 0. The minimum absolute atomic E-state index is 0.172. The molecule has 1 aromatic carbocycles. The van der Waals surface area contributed by atoms with E-state index in [1.165, 1.54) is 11.5 Å². The molecule has 0 bridgehead atoms. The minimum atomic E-state index is -0.247. The maximum Gasteiger partial charge on any atom is 0.256 e. The molecule has 3 aromatic heterocycles. The predicted molar refractivity (Wildman–Crippen MR) is 125 cm³/mol. The van der Waals surface area contributed by atoms with E-state index in [-0.39, 0.29) is 17.4 Å². The lowest BCUT2D eigenvalue weighted by Gasteiger charge is -2.20. The number of pyridine rings is 1. The molecule has 1 N–H and O–H groups in total. The Morgan fingerprint density at radius 2 is 1.87 bits per heavy atom. The average Bonchev–Trinajstić information content (AvgIpc) is 3.36. The van der Waals surface area contributed by atoms with Gasteiger partial charge in [-0.15, -0.1) is 5.10 Å². The van der Waals surface area contributed by atoms with Gasteiger partial charge in [-0.1, -0.05) is 30.5 Å². The second kappa shape index (κ2) is 7.85. The van der Waals surface area contributed by atoms with Gasteiger partial charge in [-0.05, 0) is 63.3 Å². The van der Waals surface area contributed by atoms with E-state index in [0.717, 1.165) is 33.7 Å². The van der Waals surface area contributed by atoms with Crippen molar-refractivity contribution in [2.45, 2.75) is 53.0 Å². The van der Waals surface area contributed by atoms with Crippen LogP contribution in [-0.4, -0.2) is 30.3 Å². The fourth-order valence-electron chi connectivity index (χ4n) is 3.46. The Bertz CT molecular complexity index is 1230. The highest BCUT2D eigenvalue weighted by molar-refractivity contribution is 7.03. The molecular formula is C23H26N6OS. The van der Waals surface area contributed by atoms with Crippen LogP contribution in [0.3, 0.4) is 0 Å². The van der Waals surface area contributed by atoms with Crippen molar-refractivity contribution in [3.63, 3.8) is 0 Å². The van der Waals surface area contributed by atoms with Gasteiger partial charge in [0, 0.05) is 22.3 Å². The number of carbonyl (C=O) groups is 1. The second-order valence-corrected chi connectivity index (χ2v) is 9.55. The van der Waals surface area contributed by atoms with Gasteiger partial charge in [0.05, 0.1) is 22.2 Å². The Kier molecular flexibility index (Phi) is 5.35. The number of benzene rings is 1. The maximum absolute atomic E-state index is 13.3. The molecule has 0 unspecified atom stereocenters. The number of hydrogen-bond donors (Lipinski definition) is 1. The number of aryl methyl sites for hydroxylation is 1. The Hall–Kier alpha value is -3.13. The van der Waals surface area contributed by atoms with E-state index in [1.54, 1.807) is 0 Å². The van der Waals surface area contributed by atoms with Crippen molar-refractivity contribution in [2.24, 2.45) is 0 Å². The molecule has 0 saturated carbocycles. The zero-order chi connectivity index (χ0) is 22.3. The minimum Gasteiger partial charge on any atom is -0.322 e. The lowest BCUT2D eigenvalue weighted by Crippen LogP contribution is -2.24. The molecule has 0 aliphatic heterocycles. The molecule has 0 spiro atoms. The Labute approximate surface area is 185 Å². The Morgan fingerprint density at radius 3 is 2.45 bits per heavy atom. The van der Waals surface area contributed by atoms with Crippen LogP contribution in [0.5, 0.6) is 0 Å². The van der Waals surface area contributed by atoms with Crippen LogP contribution in [0, 0.1) is 6.92 Å². The van der Waals surface area contributed by atoms with Crippen molar-refractivity contribution in [2.75, 3.05) is 5.32 Å². The van der Waals surface area contributed by atoms with Gasteiger partial charge < -0.3 is 5.32 Å². The number of nitrogens with one attached hydrogen (secondary N) is 1. The number of nitrogens with zero attached hydrogens (tertiary/aromatic N) is 5. The van der Waals surface area contributed by atoms with Gasteiger partial charge >= 0.3 is 0 Å². The highest BCUT2D eigenvalue weighted by atomic mass is 32.1. The lowest BCUT2D eigenvalue weighted by atomic mass is 10.0. The molecule has 31 heavy (non-hydrogen) atoms. The van der Waals surface area contributed by atoms with Gasteiger partial charge in [0.25, 0.3) is 5.91 Å². The average molecular weight is 435 g/mol.